The van der Waals surface area contributed by atoms with E-state index < -0.39 is 54.1 Å². The molecule has 36 heavy (non-hydrogen) atoms. The minimum Gasteiger partial charge on any atom is -0.376 e. The van der Waals surface area contributed by atoms with Crippen LogP contribution in [0.25, 0.3) is 0 Å². The lowest BCUT2D eigenvalue weighted by molar-refractivity contribution is -0.193. The molecule has 2 bridgehead atoms. The molecule has 0 radical (unpaired) electrons. The van der Waals surface area contributed by atoms with E-state index >= 15 is 0 Å². The molecule has 0 aromatic heterocycles. The number of halogens is 3. The Labute approximate surface area is 213 Å². The third-order valence-electron chi connectivity index (χ3n) is 7.58. The molecule has 3 saturated heterocycles. The van der Waals surface area contributed by atoms with E-state index in [1.165, 1.54) is 4.90 Å². The highest BCUT2D eigenvalue weighted by Gasteiger charge is 2.60. The van der Waals surface area contributed by atoms with Crippen LogP contribution < -0.4 is 16.0 Å². The van der Waals surface area contributed by atoms with Gasteiger partial charge in [0, 0.05) is 35.6 Å². The molecule has 1 aromatic carbocycles. The summed E-state index contributed by atoms with van der Waals surface area (Å²) in [6, 6.07) is 4.00. The van der Waals surface area contributed by atoms with E-state index in [2.05, 4.69) is 16.0 Å². The quantitative estimate of drug-likeness (QED) is 0.510. The first-order chi connectivity index (χ1) is 17.1. The number of piperidine rings is 3. The molecular formula is C25H30ClF2N5O3. The summed E-state index contributed by atoms with van der Waals surface area (Å²) in [6.07, 6.45) is 1.45. The molecule has 5 atom stereocenters. The van der Waals surface area contributed by atoms with Crippen LogP contribution in [0.2, 0.25) is 5.02 Å². The summed E-state index contributed by atoms with van der Waals surface area (Å²) in [6.45, 7) is 2.17. The van der Waals surface area contributed by atoms with Crippen molar-refractivity contribution in [2.45, 2.75) is 69.5 Å². The highest BCUT2D eigenvalue weighted by molar-refractivity contribution is 6.31. The van der Waals surface area contributed by atoms with Crippen LogP contribution in [0, 0.1) is 30.1 Å². The maximum Gasteiger partial charge on any atom is 0.255 e. The van der Waals surface area contributed by atoms with E-state index in [1.807, 2.05) is 6.07 Å². The zero-order valence-electron chi connectivity index (χ0n) is 20.0. The maximum atomic E-state index is 14.9. The fourth-order valence-electron chi connectivity index (χ4n) is 5.67. The Hall–Kier alpha value is -2.93. The Balaban J connectivity index is 1.50. The molecule has 3 heterocycles. The van der Waals surface area contributed by atoms with Crippen LogP contribution in [0.5, 0.6) is 0 Å². The van der Waals surface area contributed by atoms with Crippen LogP contribution in [-0.2, 0) is 14.4 Å². The number of nitrogens with zero attached hydrogens (tertiary/aromatic N) is 2. The number of fused-ring (bicyclic) bond motifs is 3. The molecule has 1 aliphatic carbocycles. The van der Waals surface area contributed by atoms with Crippen molar-refractivity contribution in [2.24, 2.45) is 11.8 Å². The summed E-state index contributed by atoms with van der Waals surface area (Å²) in [4.78, 5) is 40.0. The molecule has 4 aliphatic rings. The molecule has 1 aromatic rings. The van der Waals surface area contributed by atoms with Gasteiger partial charge in [-0.3, -0.25) is 14.4 Å². The van der Waals surface area contributed by atoms with Crippen molar-refractivity contribution >= 4 is 35.0 Å². The standard InChI is InChI=1S/C25H30ClF2N5O3/c1-14-19(26)5-2-6-20(14)31-13-21(34)33-17-7-8-18(25(27,28)11-17)22(33)24(36)32-16(12-29)10-15-4-3-9-30-23(15)35/h2,5-6,15-18,22,31H,3-4,7-11,13H2,1H3,(H,30,35)(H,32,36)/t15-,16-,17+,18+,22-/m0/s1. The summed E-state index contributed by atoms with van der Waals surface area (Å²) < 4.78 is 29.7. The number of rotatable bonds is 7. The monoisotopic (exact) mass is 521 g/mol. The molecule has 1 saturated carbocycles. The smallest absolute Gasteiger partial charge is 0.255 e. The Morgan fingerprint density at radius 2 is 2.11 bits per heavy atom. The number of anilines is 1. The van der Waals surface area contributed by atoms with E-state index in [0.29, 0.717) is 30.1 Å². The lowest BCUT2D eigenvalue weighted by Crippen LogP contribution is -2.69. The van der Waals surface area contributed by atoms with Crippen molar-refractivity contribution < 1.29 is 23.2 Å². The zero-order chi connectivity index (χ0) is 26.0. The number of nitrogens with one attached hydrogen (secondary N) is 3. The summed E-state index contributed by atoms with van der Waals surface area (Å²) in [5, 5.41) is 18.4. The van der Waals surface area contributed by atoms with Gasteiger partial charge in [-0.15, -0.1) is 0 Å². The summed E-state index contributed by atoms with van der Waals surface area (Å²) in [5.41, 5.74) is 1.39. The average molecular weight is 522 g/mol. The molecule has 5 rings (SSSR count). The van der Waals surface area contributed by atoms with Gasteiger partial charge in [0.05, 0.1) is 18.5 Å². The largest absolute Gasteiger partial charge is 0.376 e. The van der Waals surface area contributed by atoms with Gasteiger partial charge in [0.1, 0.15) is 12.1 Å². The second-order valence-corrected chi connectivity index (χ2v) is 10.3. The predicted molar refractivity (Wildman–Crippen MR) is 129 cm³/mol. The van der Waals surface area contributed by atoms with Crippen molar-refractivity contribution in [3.63, 3.8) is 0 Å². The van der Waals surface area contributed by atoms with E-state index in [9.17, 15) is 28.4 Å². The van der Waals surface area contributed by atoms with E-state index in [4.69, 9.17) is 11.6 Å². The number of nitriles is 1. The van der Waals surface area contributed by atoms with E-state index in [1.54, 1.807) is 25.1 Å². The third-order valence-corrected chi connectivity index (χ3v) is 7.99. The van der Waals surface area contributed by atoms with Gasteiger partial charge in [-0.2, -0.15) is 5.26 Å². The van der Waals surface area contributed by atoms with Gasteiger partial charge in [0.15, 0.2) is 0 Å². The molecule has 11 heteroatoms. The number of benzene rings is 1. The van der Waals surface area contributed by atoms with Gasteiger partial charge >= 0.3 is 0 Å². The fourth-order valence-corrected chi connectivity index (χ4v) is 5.85. The van der Waals surface area contributed by atoms with E-state index in [0.717, 1.165) is 12.0 Å². The summed E-state index contributed by atoms with van der Waals surface area (Å²) >= 11 is 6.14. The van der Waals surface area contributed by atoms with Crippen LogP contribution in [0.4, 0.5) is 14.5 Å². The number of alkyl halides is 2. The van der Waals surface area contributed by atoms with Crippen LogP contribution in [0.1, 0.15) is 44.1 Å². The zero-order valence-corrected chi connectivity index (χ0v) is 20.8. The van der Waals surface area contributed by atoms with E-state index in [-0.39, 0.29) is 25.3 Å². The SMILES string of the molecule is Cc1c(Cl)cccc1NCC(=O)N1[C@@H]2CC[C@H]([C@H]1C(=O)N[C@H](C#N)C[C@@H]1CCCNC1=O)C(F)(F)C2. The third kappa shape index (κ3) is 5.26. The first-order valence-corrected chi connectivity index (χ1v) is 12.7. The minimum absolute atomic E-state index is 0.0921. The van der Waals surface area contributed by atoms with Gasteiger partial charge in [0.25, 0.3) is 5.92 Å². The normalized spacial score (nSPS) is 27.5. The Morgan fingerprint density at radius 3 is 2.81 bits per heavy atom. The Kier molecular flexibility index (Phi) is 7.69. The molecule has 4 fully saturated rings. The lowest BCUT2D eigenvalue weighted by atomic mass is 9.71. The number of hydrogen-bond acceptors (Lipinski definition) is 5. The number of carbonyl (C=O) groups excluding carboxylic acids is 3. The molecule has 0 unspecified atom stereocenters. The second-order valence-electron chi connectivity index (χ2n) is 9.87. The molecule has 194 valence electrons. The first kappa shape index (κ1) is 26.1. The molecular weight excluding hydrogens is 492 g/mol. The highest BCUT2D eigenvalue weighted by atomic mass is 35.5. The van der Waals surface area contributed by atoms with Crippen molar-refractivity contribution in [3.05, 3.63) is 28.8 Å². The van der Waals surface area contributed by atoms with Crippen LogP contribution >= 0.6 is 11.6 Å². The molecule has 8 nitrogen and oxygen atoms in total. The number of amides is 3. The lowest BCUT2D eigenvalue weighted by Gasteiger charge is -2.53. The van der Waals surface area contributed by atoms with Gasteiger partial charge < -0.3 is 20.9 Å². The number of hydrogen-bond donors (Lipinski definition) is 3. The van der Waals surface area contributed by atoms with Crippen LogP contribution in [0.3, 0.4) is 0 Å². The van der Waals surface area contributed by atoms with Gasteiger partial charge in [0.2, 0.25) is 17.7 Å². The van der Waals surface area contributed by atoms with Crippen molar-refractivity contribution in [2.75, 3.05) is 18.4 Å². The molecule has 3 aliphatic heterocycles. The average Bonchev–Trinajstić information content (AvgIpc) is 2.84. The molecule has 3 amide bonds. The minimum atomic E-state index is -3.09. The second kappa shape index (κ2) is 10.6. The highest BCUT2D eigenvalue weighted by Crippen LogP contribution is 2.49. The van der Waals surface area contributed by atoms with Crippen molar-refractivity contribution in [3.8, 4) is 6.07 Å². The maximum absolute atomic E-state index is 14.9. The van der Waals surface area contributed by atoms with Crippen molar-refractivity contribution in [1.82, 2.24) is 15.5 Å². The van der Waals surface area contributed by atoms with Crippen LogP contribution in [-0.4, -0.2) is 59.8 Å². The fraction of sp³-hybridized carbons (Fsp3) is 0.600. The predicted octanol–water partition coefficient (Wildman–Crippen LogP) is 3.00. The first-order valence-electron chi connectivity index (χ1n) is 12.3. The Morgan fingerprint density at radius 1 is 1.33 bits per heavy atom. The number of carbonyl (C=O) groups is 3. The summed E-state index contributed by atoms with van der Waals surface area (Å²) in [7, 11) is 0. The molecule has 3 N–H and O–H groups in total. The van der Waals surface area contributed by atoms with Gasteiger partial charge in [-0.05, 0) is 56.7 Å². The van der Waals surface area contributed by atoms with Gasteiger partial charge in [-0.25, -0.2) is 8.78 Å². The van der Waals surface area contributed by atoms with Crippen LogP contribution in [0.15, 0.2) is 18.2 Å². The molecule has 0 spiro atoms. The topological polar surface area (TPSA) is 114 Å². The van der Waals surface area contributed by atoms with Crippen molar-refractivity contribution in [1.29, 1.82) is 5.26 Å². The summed E-state index contributed by atoms with van der Waals surface area (Å²) in [5.74, 6) is -6.30. The Bertz CT molecular complexity index is 1080. The van der Waals surface area contributed by atoms with Gasteiger partial charge in [-0.1, -0.05) is 17.7 Å².